The van der Waals surface area contributed by atoms with E-state index < -0.39 is 6.10 Å². The number of rotatable bonds is 6. The fraction of sp³-hybridized carbons (Fsp3) is 0.750. The van der Waals surface area contributed by atoms with Crippen LogP contribution in [0.15, 0.2) is 12.4 Å². The Hall–Kier alpha value is -0.950. The van der Waals surface area contributed by atoms with Crippen molar-refractivity contribution in [3.63, 3.8) is 0 Å². The van der Waals surface area contributed by atoms with Gasteiger partial charge in [0.05, 0.1) is 38.5 Å². The highest BCUT2D eigenvalue weighted by atomic mass is 16.5. The molecule has 1 aromatic rings. The Morgan fingerprint density at radius 1 is 1.61 bits per heavy atom. The summed E-state index contributed by atoms with van der Waals surface area (Å²) < 4.78 is 12.4. The van der Waals surface area contributed by atoms with Gasteiger partial charge in [0.2, 0.25) is 0 Å². The Balaban J connectivity index is 1.94. The minimum absolute atomic E-state index is 0.0533. The lowest BCUT2D eigenvalue weighted by atomic mass is 10.2. The zero-order valence-corrected chi connectivity index (χ0v) is 11.0. The van der Waals surface area contributed by atoms with E-state index in [0.29, 0.717) is 26.4 Å². The number of aliphatic hydroxyl groups is 1. The first-order valence-electron chi connectivity index (χ1n) is 6.17. The maximum absolute atomic E-state index is 9.78. The Kier molecular flexibility index (Phi) is 4.71. The van der Waals surface area contributed by atoms with Crippen LogP contribution in [0.1, 0.15) is 5.82 Å². The average molecular weight is 255 g/mol. The standard InChI is InChI=1S/C12H21N3O3/c1-14(10-8-18-9-11(10)16)7-12-13-3-4-15(12)5-6-17-2/h3-4,10-11,16H,5-9H2,1-2H3/t10-,11-/m0/s1. The van der Waals surface area contributed by atoms with Crippen molar-refractivity contribution in [2.24, 2.45) is 0 Å². The smallest absolute Gasteiger partial charge is 0.122 e. The minimum atomic E-state index is -0.405. The molecular formula is C12H21N3O3. The van der Waals surface area contributed by atoms with Crippen molar-refractivity contribution in [3.8, 4) is 0 Å². The van der Waals surface area contributed by atoms with E-state index in [-0.39, 0.29) is 6.04 Å². The van der Waals surface area contributed by atoms with Gasteiger partial charge < -0.3 is 19.1 Å². The fourth-order valence-corrected chi connectivity index (χ4v) is 2.18. The predicted molar refractivity (Wildman–Crippen MR) is 66.2 cm³/mol. The van der Waals surface area contributed by atoms with Crippen LogP contribution in [0.3, 0.4) is 0 Å². The second kappa shape index (κ2) is 6.29. The van der Waals surface area contributed by atoms with E-state index in [0.717, 1.165) is 12.4 Å². The molecule has 1 N–H and O–H groups in total. The number of ether oxygens (including phenoxy) is 2. The lowest BCUT2D eigenvalue weighted by Gasteiger charge is -2.25. The quantitative estimate of drug-likeness (QED) is 0.757. The van der Waals surface area contributed by atoms with Crippen LogP contribution < -0.4 is 0 Å². The Bertz CT molecular complexity index is 369. The molecule has 1 saturated heterocycles. The molecule has 2 rings (SSSR count). The van der Waals surface area contributed by atoms with E-state index in [2.05, 4.69) is 14.5 Å². The summed E-state index contributed by atoms with van der Waals surface area (Å²) in [6.45, 7) is 3.16. The molecule has 6 nitrogen and oxygen atoms in total. The molecule has 0 aliphatic carbocycles. The molecule has 18 heavy (non-hydrogen) atoms. The maximum atomic E-state index is 9.78. The number of nitrogens with zero attached hydrogens (tertiary/aromatic N) is 3. The van der Waals surface area contributed by atoms with Gasteiger partial charge in [0.15, 0.2) is 0 Å². The van der Waals surface area contributed by atoms with Crippen LogP contribution >= 0.6 is 0 Å². The molecule has 1 aliphatic heterocycles. The van der Waals surface area contributed by atoms with Gasteiger partial charge in [0, 0.05) is 26.0 Å². The molecule has 0 bridgehead atoms. The van der Waals surface area contributed by atoms with Crippen LogP contribution in [0, 0.1) is 0 Å². The van der Waals surface area contributed by atoms with Gasteiger partial charge in [-0.25, -0.2) is 4.98 Å². The van der Waals surface area contributed by atoms with E-state index in [9.17, 15) is 5.11 Å². The largest absolute Gasteiger partial charge is 0.389 e. The summed E-state index contributed by atoms with van der Waals surface area (Å²) in [6.07, 6.45) is 3.34. The van der Waals surface area contributed by atoms with Gasteiger partial charge in [-0.2, -0.15) is 0 Å². The number of hydrogen-bond donors (Lipinski definition) is 1. The molecular weight excluding hydrogens is 234 g/mol. The molecule has 1 fully saturated rings. The molecule has 1 aliphatic rings. The van der Waals surface area contributed by atoms with Crippen molar-refractivity contribution in [1.82, 2.24) is 14.5 Å². The highest BCUT2D eigenvalue weighted by Gasteiger charge is 2.30. The maximum Gasteiger partial charge on any atom is 0.122 e. The van der Waals surface area contributed by atoms with Gasteiger partial charge >= 0.3 is 0 Å². The van der Waals surface area contributed by atoms with Gasteiger partial charge in [-0.15, -0.1) is 0 Å². The number of methoxy groups -OCH3 is 1. The van der Waals surface area contributed by atoms with Crippen LogP contribution in [0.5, 0.6) is 0 Å². The molecule has 0 amide bonds. The van der Waals surface area contributed by atoms with Crippen molar-refractivity contribution in [1.29, 1.82) is 0 Å². The molecule has 0 aromatic carbocycles. The third-order valence-corrected chi connectivity index (χ3v) is 3.32. The Morgan fingerprint density at radius 2 is 2.44 bits per heavy atom. The Labute approximate surface area is 107 Å². The SMILES string of the molecule is COCCn1ccnc1CN(C)[C@H]1COC[C@@H]1O. The number of aromatic nitrogens is 2. The van der Waals surface area contributed by atoms with Crippen LogP contribution in [0.2, 0.25) is 0 Å². The molecule has 0 saturated carbocycles. The van der Waals surface area contributed by atoms with Crippen molar-refractivity contribution >= 4 is 0 Å². The topological polar surface area (TPSA) is 59.8 Å². The average Bonchev–Trinajstić information content (AvgIpc) is 2.95. The zero-order valence-electron chi connectivity index (χ0n) is 11.0. The molecule has 0 spiro atoms. The van der Waals surface area contributed by atoms with Crippen molar-refractivity contribution in [2.45, 2.75) is 25.2 Å². The Morgan fingerprint density at radius 3 is 3.11 bits per heavy atom. The molecule has 1 aromatic heterocycles. The lowest BCUT2D eigenvalue weighted by molar-refractivity contribution is 0.0904. The van der Waals surface area contributed by atoms with Crippen molar-refractivity contribution in [3.05, 3.63) is 18.2 Å². The number of likely N-dealkylation sites (N-methyl/N-ethyl adjacent to an activating group) is 1. The first kappa shape index (κ1) is 13.5. The van der Waals surface area contributed by atoms with Crippen LogP contribution in [-0.2, 0) is 22.6 Å². The predicted octanol–water partition coefficient (Wildman–Crippen LogP) is -0.279. The fourth-order valence-electron chi connectivity index (χ4n) is 2.18. The summed E-state index contributed by atoms with van der Waals surface area (Å²) in [7, 11) is 3.67. The van der Waals surface area contributed by atoms with Crippen LogP contribution in [0.25, 0.3) is 0 Å². The lowest BCUT2D eigenvalue weighted by Crippen LogP contribution is -2.40. The summed E-state index contributed by atoms with van der Waals surface area (Å²) in [5.41, 5.74) is 0. The number of aliphatic hydroxyl groups excluding tert-OH is 1. The van der Waals surface area contributed by atoms with E-state index in [4.69, 9.17) is 9.47 Å². The number of hydrogen-bond acceptors (Lipinski definition) is 5. The highest BCUT2D eigenvalue weighted by molar-refractivity contribution is 4.94. The van der Waals surface area contributed by atoms with E-state index in [1.165, 1.54) is 0 Å². The van der Waals surface area contributed by atoms with Crippen LogP contribution in [0.4, 0.5) is 0 Å². The van der Waals surface area contributed by atoms with Gasteiger partial charge in [0.25, 0.3) is 0 Å². The van der Waals surface area contributed by atoms with Gasteiger partial charge in [0.1, 0.15) is 5.82 Å². The third-order valence-electron chi connectivity index (χ3n) is 3.32. The van der Waals surface area contributed by atoms with Gasteiger partial charge in [-0.05, 0) is 7.05 Å². The first-order valence-corrected chi connectivity index (χ1v) is 6.17. The molecule has 0 unspecified atom stereocenters. The summed E-state index contributed by atoms with van der Waals surface area (Å²) in [5, 5.41) is 9.78. The second-order valence-corrected chi connectivity index (χ2v) is 4.62. The second-order valence-electron chi connectivity index (χ2n) is 4.62. The molecule has 0 radical (unpaired) electrons. The van der Waals surface area contributed by atoms with E-state index in [1.807, 2.05) is 13.2 Å². The van der Waals surface area contributed by atoms with Crippen molar-refractivity contribution in [2.75, 3.05) is 34.0 Å². The van der Waals surface area contributed by atoms with Gasteiger partial charge in [-0.3, -0.25) is 4.90 Å². The number of imidazole rings is 1. The van der Waals surface area contributed by atoms with E-state index >= 15 is 0 Å². The van der Waals surface area contributed by atoms with Crippen LogP contribution in [-0.4, -0.2) is 65.7 Å². The zero-order chi connectivity index (χ0) is 13.0. The minimum Gasteiger partial charge on any atom is -0.389 e. The van der Waals surface area contributed by atoms with E-state index in [1.54, 1.807) is 13.3 Å². The molecule has 6 heteroatoms. The molecule has 102 valence electrons. The summed E-state index contributed by atoms with van der Waals surface area (Å²) in [5.74, 6) is 0.980. The summed E-state index contributed by atoms with van der Waals surface area (Å²) >= 11 is 0. The molecule has 2 atom stereocenters. The normalized spacial score (nSPS) is 24.0. The monoisotopic (exact) mass is 255 g/mol. The first-order chi connectivity index (χ1) is 8.72. The molecule has 2 heterocycles. The highest BCUT2D eigenvalue weighted by Crippen LogP contribution is 2.14. The third kappa shape index (κ3) is 3.08. The van der Waals surface area contributed by atoms with Gasteiger partial charge in [-0.1, -0.05) is 0 Å². The van der Waals surface area contributed by atoms with Crippen molar-refractivity contribution < 1.29 is 14.6 Å². The summed E-state index contributed by atoms with van der Waals surface area (Å²) in [4.78, 5) is 6.44. The summed E-state index contributed by atoms with van der Waals surface area (Å²) in [6, 6.07) is 0.0533.